The summed E-state index contributed by atoms with van der Waals surface area (Å²) in [7, 11) is 0. The molecule has 1 nitrogen and oxygen atoms in total. The molecular weight excluding hydrogens is 136 g/mol. The third-order valence-electron chi connectivity index (χ3n) is 3.34. The highest BCUT2D eigenvalue weighted by Gasteiger charge is 2.30. The van der Waals surface area contributed by atoms with Crippen LogP contribution in [0.5, 0.6) is 0 Å². The third kappa shape index (κ3) is 1.47. The van der Waals surface area contributed by atoms with E-state index in [4.69, 9.17) is 0 Å². The van der Waals surface area contributed by atoms with Crippen LogP contribution in [0.1, 0.15) is 44.9 Å². The Bertz CT molecular complexity index is 162. The summed E-state index contributed by atoms with van der Waals surface area (Å²) in [6.07, 6.45) is 8.38. The molecule has 2 atom stereocenters. The third-order valence-corrected chi connectivity index (χ3v) is 3.34. The molecule has 62 valence electrons. The molecular formula is C10H16O. The standard InChI is InChI=1S/C10H16O/c11-10-6-2-4-8-3-1-5-9(8)7-10/h8-9H,1-7H2. The van der Waals surface area contributed by atoms with E-state index in [1.165, 1.54) is 32.1 Å². The fraction of sp³-hybridized carbons (Fsp3) is 0.900. The summed E-state index contributed by atoms with van der Waals surface area (Å²) in [6, 6.07) is 0. The average molecular weight is 152 g/mol. The van der Waals surface area contributed by atoms with Crippen molar-refractivity contribution in [3.63, 3.8) is 0 Å². The molecule has 2 saturated carbocycles. The predicted molar refractivity (Wildman–Crippen MR) is 44.3 cm³/mol. The van der Waals surface area contributed by atoms with Crippen LogP contribution in [0, 0.1) is 11.8 Å². The van der Waals surface area contributed by atoms with Crippen LogP contribution < -0.4 is 0 Å². The summed E-state index contributed by atoms with van der Waals surface area (Å²) in [4.78, 5) is 11.2. The molecule has 0 radical (unpaired) electrons. The monoisotopic (exact) mass is 152 g/mol. The summed E-state index contributed by atoms with van der Waals surface area (Å²) in [6.45, 7) is 0. The number of carbonyl (C=O) groups is 1. The molecule has 2 rings (SSSR count). The van der Waals surface area contributed by atoms with E-state index >= 15 is 0 Å². The Hall–Kier alpha value is -0.330. The fourth-order valence-electron chi connectivity index (χ4n) is 2.72. The normalized spacial score (nSPS) is 38.4. The minimum Gasteiger partial charge on any atom is -0.300 e. The molecule has 0 aromatic rings. The van der Waals surface area contributed by atoms with E-state index in [2.05, 4.69) is 0 Å². The largest absolute Gasteiger partial charge is 0.300 e. The van der Waals surface area contributed by atoms with Gasteiger partial charge in [0.25, 0.3) is 0 Å². The molecule has 2 unspecified atom stereocenters. The number of ketones is 1. The topological polar surface area (TPSA) is 17.1 Å². The van der Waals surface area contributed by atoms with Crippen molar-refractivity contribution in [3.05, 3.63) is 0 Å². The first kappa shape index (κ1) is 7.33. The van der Waals surface area contributed by atoms with Crippen molar-refractivity contribution in [2.24, 2.45) is 11.8 Å². The van der Waals surface area contributed by atoms with E-state index in [0.717, 1.165) is 24.7 Å². The van der Waals surface area contributed by atoms with Crippen molar-refractivity contribution in [2.75, 3.05) is 0 Å². The van der Waals surface area contributed by atoms with Crippen LogP contribution in [0.4, 0.5) is 0 Å². The lowest BCUT2D eigenvalue weighted by atomic mass is 9.91. The number of carbonyl (C=O) groups excluding carboxylic acids is 1. The van der Waals surface area contributed by atoms with Crippen LogP contribution in [-0.2, 0) is 4.79 Å². The van der Waals surface area contributed by atoms with Gasteiger partial charge in [-0.1, -0.05) is 12.8 Å². The molecule has 0 N–H and O–H groups in total. The van der Waals surface area contributed by atoms with E-state index < -0.39 is 0 Å². The van der Waals surface area contributed by atoms with Crippen molar-refractivity contribution in [1.29, 1.82) is 0 Å². The summed E-state index contributed by atoms with van der Waals surface area (Å²) in [5.74, 6) is 2.23. The fourth-order valence-corrected chi connectivity index (χ4v) is 2.72. The van der Waals surface area contributed by atoms with Gasteiger partial charge in [-0.3, -0.25) is 4.79 Å². The van der Waals surface area contributed by atoms with E-state index in [1.54, 1.807) is 0 Å². The number of Topliss-reactive ketones (excluding diaryl/α,β-unsaturated/α-hetero) is 1. The molecule has 2 aliphatic rings. The Balaban J connectivity index is 2.03. The van der Waals surface area contributed by atoms with Crippen LogP contribution in [-0.4, -0.2) is 5.78 Å². The van der Waals surface area contributed by atoms with Crippen LogP contribution in [0.25, 0.3) is 0 Å². The van der Waals surface area contributed by atoms with Crippen molar-refractivity contribution >= 4 is 5.78 Å². The second kappa shape index (κ2) is 2.96. The van der Waals surface area contributed by atoms with E-state index in [1.807, 2.05) is 0 Å². The Kier molecular flexibility index (Phi) is 1.97. The zero-order valence-electron chi connectivity index (χ0n) is 7.01. The van der Waals surface area contributed by atoms with Gasteiger partial charge >= 0.3 is 0 Å². The molecule has 0 aromatic carbocycles. The Morgan fingerprint density at radius 3 is 2.64 bits per heavy atom. The average Bonchev–Trinajstić information content (AvgIpc) is 2.31. The number of hydrogen-bond donors (Lipinski definition) is 0. The van der Waals surface area contributed by atoms with Gasteiger partial charge < -0.3 is 0 Å². The summed E-state index contributed by atoms with van der Waals surface area (Å²) in [5.41, 5.74) is 0. The van der Waals surface area contributed by atoms with Crippen molar-refractivity contribution < 1.29 is 4.79 Å². The molecule has 0 saturated heterocycles. The minimum absolute atomic E-state index is 0.527. The van der Waals surface area contributed by atoms with Crippen LogP contribution in [0.3, 0.4) is 0 Å². The van der Waals surface area contributed by atoms with Gasteiger partial charge in [-0.05, 0) is 31.1 Å². The smallest absolute Gasteiger partial charge is 0.133 e. The maximum atomic E-state index is 11.2. The lowest BCUT2D eigenvalue weighted by Gasteiger charge is -2.13. The number of hydrogen-bond acceptors (Lipinski definition) is 1. The first-order chi connectivity index (χ1) is 5.36. The maximum absolute atomic E-state index is 11.2. The van der Waals surface area contributed by atoms with Crippen molar-refractivity contribution in [1.82, 2.24) is 0 Å². The predicted octanol–water partition coefficient (Wildman–Crippen LogP) is 2.55. The molecule has 0 spiro atoms. The van der Waals surface area contributed by atoms with Gasteiger partial charge in [0.15, 0.2) is 0 Å². The van der Waals surface area contributed by atoms with Gasteiger partial charge in [-0.25, -0.2) is 0 Å². The van der Waals surface area contributed by atoms with Gasteiger partial charge in [0.2, 0.25) is 0 Å². The second-order valence-corrected chi connectivity index (χ2v) is 4.09. The summed E-state index contributed by atoms with van der Waals surface area (Å²) < 4.78 is 0. The molecule has 2 aliphatic carbocycles. The Labute approximate surface area is 68.2 Å². The quantitative estimate of drug-likeness (QED) is 0.521. The molecule has 11 heavy (non-hydrogen) atoms. The van der Waals surface area contributed by atoms with Crippen LogP contribution >= 0.6 is 0 Å². The van der Waals surface area contributed by atoms with E-state index in [9.17, 15) is 4.79 Å². The molecule has 0 bridgehead atoms. The van der Waals surface area contributed by atoms with E-state index in [-0.39, 0.29) is 0 Å². The SMILES string of the molecule is O=C1CCCC2CCCC2C1. The number of rotatable bonds is 0. The minimum atomic E-state index is 0.527. The molecule has 0 heterocycles. The molecule has 0 aliphatic heterocycles. The number of fused-ring (bicyclic) bond motifs is 1. The first-order valence-corrected chi connectivity index (χ1v) is 4.88. The van der Waals surface area contributed by atoms with Gasteiger partial charge in [0.05, 0.1) is 0 Å². The zero-order chi connectivity index (χ0) is 7.68. The van der Waals surface area contributed by atoms with Crippen molar-refractivity contribution in [2.45, 2.75) is 44.9 Å². The summed E-state index contributed by atoms with van der Waals surface area (Å²) >= 11 is 0. The Morgan fingerprint density at radius 1 is 1.00 bits per heavy atom. The molecule has 0 aromatic heterocycles. The Morgan fingerprint density at radius 2 is 1.73 bits per heavy atom. The van der Waals surface area contributed by atoms with E-state index in [0.29, 0.717) is 5.78 Å². The second-order valence-electron chi connectivity index (χ2n) is 4.09. The lowest BCUT2D eigenvalue weighted by Crippen LogP contribution is -2.08. The van der Waals surface area contributed by atoms with Crippen LogP contribution in [0.15, 0.2) is 0 Å². The summed E-state index contributed by atoms with van der Waals surface area (Å²) in [5, 5.41) is 0. The first-order valence-electron chi connectivity index (χ1n) is 4.88. The lowest BCUT2D eigenvalue weighted by molar-refractivity contribution is -0.119. The highest BCUT2D eigenvalue weighted by atomic mass is 16.1. The zero-order valence-corrected chi connectivity index (χ0v) is 7.01. The van der Waals surface area contributed by atoms with Gasteiger partial charge in [0.1, 0.15) is 5.78 Å². The maximum Gasteiger partial charge on any atom is 0.133 e. The van der Waals surface area contributed by atoms with Gasteiger partial charge in [-0.2, -0.15) is 0 Å². The van der Waals surface area contributed by atoms with Gasteiger partial charge in [-0.15, -0.1) is 0 Å². The molecule has 0 amide bonds. The highest BCUT2D eigenvalue weighted by molar-refractivity contribution is 5.78. The van der Waals surface area contributed by atoms with Crippen LogP contribution in [0.2, 0.25) is 0 Å². The van der Waals surface area contributed by atoms with Crippen molar-refractivity contribution in [3.8, 4) is 0 Å². The molecule has 2 fully saturated rings. The molecule has 1 heteroatoms. The van der Waals surface area contributed by atoms with Gasteiger partial charge in [0, 0.05) is 12.8 Å². The highest BCUT2D eigenvalue weighted by Crippen LogP contribution is 2.39.